The lowest BCUT2D eigenvalue weighted by atomic mass is 9.77. The molecular weight excluding hydrogens is 418 g/mol. The first-order valence-electron chi connectivity index (χ1n) is 13.3. The third kappa shape index (κ3) is 4.72. The summed E-state index contributed by atoms with van der Waals surface area (Å²) in [5, 5.41) is 12.3. The maximum absolute atomic E-state index is 13.6. The van der Waals surface area contributed by atoms with Gasteiger partial charge in [-0.1, -0.05) is 12.8 Å². The van der Waals surface area contributed by atoms with Crippen molar-refractivity contribution < 1.29 is 4.79 Å². The van der Waals surface area contributed by atoms with E-state index in [9.17, 15) is 4.79 Å². The Morgan fingerprint density at radius 2 is 1.81 bits per heavy atom. The van der Waals surface area contributed by atoms with Crippen molar-refractivity contribution in [2.75, 3.05) is 12.3 Å². The minimum absolute atomic E-state index is 0.000973. The Hall–Kier alpha value is -0.790. The largest absolute Gasteiger partial charge is 0.387 e. The van der Waals surface area contributed by atoms with Gasteiger partial charge in [0.05, 0.1) is 11.9 Å². The molecule has 7 unspecified atom stereocenters. The number of carbonyl (C=O) groups is 1. The van der Waals surface area contributed by atoms with Crippen LogP contribution in [-0.4, -0.2) is 58.4 Å². The van der Waals surface area contributed by atoms with E-state index in [0.29, 0.717) is 35.8 Å². The van der Waals surface area contributed by atoms with Crippen LogP contribution in [0, 0.1) is 29.1 Å². The van der Waals surface area contributed by atoms with Crippen molar-refractivity contribution in [3.05, 3.63) is 0 Å². The van der Waals surface area contributed by atoms with Crippen molar-refractivity contribution in [1.29, 1.82) is 5.41 Å². The summed E-state index contributed by atoms with van der Waals surface area (Å²) < 4.78 is 0. The van der Waals surface area contributed by atoms with Crippen molar-refractivity contribution in [3.8, 4) is 0 Å². The third-order valence-corrected chi connectivity index (χ3v) is 11.1. The number of fused-ring (bicyclic) bond motifs is 2. The van der Waals surface area contributed by atoms with Crippen molar-refractivity contribution in [2.24, 2.45) is 35.1 Å². The van der Waals surface area contributed by atoms with Crippen LogP contribution >= 0.6 is 11.8 Å². The lowest BCUT2D eigenvalue weighted by molar-refractivity contribution is -0.127. The van der Waals surface area contributed by atoms with Crippen molar-refractivity contribution in [1.82, 2.24) is 10.2 Å². The third-order valence-electron chi connectivity index (χ3n) is 9.50. The van der Waals surface area contributed by atoms with Gasteiger partial charge in [0.15, 0.2) is 0 Å². The number of thioether (sulfide) groups is 1. The number of nitrogens with one attached hydrogen (secondary N) is 2. The van der Waals surface area contributed by atoms with E-state index in [1.54, 1.807) is 0 Å². The number of hydrogen-bond acceptors (Lipinski definition) is 5. The molecule has 3 aliphatic carbocycles. The zero-order valence-electron chi connectivity index (χ0n) is 19.5. The molecule has 32 heavy (non-hydrogen) atoms. The maximum atomic E-state index is 13.6. The van der Waals surface area contributed by atoms with E-state index >= 15 is 0 Å². The Balaban J connectivity index is 1.30. The van der Waals surface area contributed by atoms with Crippen molar-refractivity contribution >= 4 is 23.5 Å². The molecule has 2 saturated heterocycles. The van der Waals surface area contributed by atoms with E-state index in [1.807, 2.05) is 0 Å². The summed E-state index contributed by atoms with van der Waals surface area (Å²) >= 11 is 2.20. The molecule has 2 heterocycles. The van der Waals surface area contributed by atoms with Gasteiger partial charge >= 0.3 is 0 Å². The fourth-order valence-corrected chi connectivity index (χ4v) is 9.39. The molecule has 6 nitrogen and oxygen atoms in total. The summed E-state index contributed by atoms with van der Waals surface area (Å²) in [5.74, 6) is 4.18. The van der Waals surface area contributed by atoms with Gasteiger partial charge in [0.25, 0.3) is 0 Å². The van der Waals surface area contributed by atoms with E-state index < -0.39 is 0 Å². The molecule has 5 fully saturated rings. The summed E-state index contributed by atoms with van der Waals surface area (Å²) in [4.78, 5) is 16.2. The minimum atomic E-state index is -0.000973. The molecule has 0 bridgehead atoms. The Kier molecular flexibility index (Phi) is 7.06. The molecular formula is C25H43N5OS. The number of carbonyl (C=O) groups excluding carboxylic acids is 1. The zero-order chi connectivity index (χ0) is 22.2. The number of hydrogen-bond donors (Lipinski definition) is 4. The number of likely N-dealkylation sites (tertiary alicyclic amines) is 1. The van der Waals surface area contributed by atoms with Crippen molar-refractivity contribution in [3.63, 3.8) is 0 Å². The predicted molar refractivity (Wildman–Crippen MR) is 132 cm³/mol. The van der Waals surface area contributed by atoms with Gasteiger partial charge in [-0.05, 0) is 87.7 Å². The van der Waals surface area contributed by atoms with Crippen LogP contribution in [0.3, 0.4) is 0 Å². The lowest BCUT2D eigenvalue weighted by Crippen LogP contribution is -2.52. The average Bonchev–Trinajstić information content (AvgIpc) is 3.37. The second kappa shape index (κ2) is 9.83. The van der Waals surface area contributed by atoms with Crippen LogP contribution in [0.1, 0.15) is 77.0 Å². The lowest BCUT2D eigenvalue weighted by Gasteiger charge is -2.39. The molecule has 0 spiro atoms. The first kappa shape index (κ1) is 23.0. The Morgan fingerprint density at radius 3 is 2.59 bits per heavy atom. The van der Waals surface area contributed by atoms with Crippen molar-refractivity contribution in [2.45, 2.75) is 106 Å². The summed E-state index contributed by atoms with van der Waals surface area (Å²) in [7, 11) is 0. The second-order valence-corrected chi connectivity index (χ2v) is 12.7. The highest BCUT2D eigenvalue weighted by Crippen LogP contribution is 2.48. The standard InChI is InChI=1S/C25H43N5OS/c26-18-7-9-19(10-8-18)29-25(31)22-11-15-5-6-16(24(27)28)12-21(15)30(22)13-17-14-32-23-4-2-1-3-20(17)23/h15-23H,1-14,26H2,(H3,27,28)(H,29,31). The summed E-state index contributed by atoms with van der Waals surface area (Å²) in [5.41, 5.74) is 12.0. The minimum Gasteiger partial charge on any atom is -0.387 e. The highest BCUT2D eigenvalue weighted by Gasteiger charge is 2.49. The smallest absolute Gasteiger partial charge is 0.237 e. The summed E-state index contributed by atoms with van der Waals surface area (Å²) in [6.45, 7) is 1.06. The fraction of sp³-hybridized carbons (Fsp3) is 0.920. The van der Waals surface area contributed by atoms with E-state index in [-0.39, 0.29) is 17.9 Å². The molecule has 6 N–H and O–H groups in total. The monoisotopic (exact) mass is 461 g/mol. The quantitative estimate of drug-likeness (QED) is 0.372. The molecule has 5 rings (SSSR count). The summed E-state index contributed by atoms with van der Waals surface area (Å²) in [6.07, 6.45) is 13.7. The summed E-state index contributed by atoms with van der Waals surface area (Å²) in [6, 6.07) is 1.02. The van der Waals surface area contributed by atoms with Crippen LogP contribution in [-0.2, 0) is 4.79 Å². The first-order valence-corrected chi connectivity index (χ1v) is 14.3. The topological polar surface area (TPSA) is 108 Å². The zero-order valence-corrected chi connectivity index (χ0v) is 20.3. The number of amides is 1. The van der Waals surface area contributed by atoms with Gasteiger partial charge in [-0.15, -0.1) is 0 Å². The maximum Gasteiger partial charge on any atom is 0.237 e. The van der Waals surface area contributed by atoms with Gasteiger partial charge in [-0.2, -0.15) is 11.8 Å². The fourth-order valence-electron chi connectivity index (χ4n) is 7.61. The van der Waals surface area contributed by atoms with Crippen LogP contribution in [0.2, 0.25) is 0 Å². The van der Waals surface area contributed by atoms with Gasteiger partial charge in [-0.25, -0.2) is 0 Å². The Bertz CT molecular complexity index is 696. The Morgan fingerprint density at radius 1 is 1.03 bits per heavy atom. The molecule has 180 valence electrons. The molecule has 1 amide bonds. The predicted octanol–water partition coefficient (Wildman–Crippen LogP) is 3.09. The van der Waals surface area contributed by atoms with Gasteiger partial charge in [0.1, 0.15) is 0 Å². The van der Waals surface area contributed by atoms with E-state index in [4.69, 9.17) is 16.9 Å². The first-order chi connectivity index (χ1) is 15.5. The number of nitrogens with two attached hydrogens (primary N) is 2. The number of nitrogens with zero attached hydrogens (tertiary/aromatic N) is 1. The molecule has 0 aromatic rings. The molecule has 5 aliphatic rings. The highest BCUT2D eigenvalue weighted by atomic mass is 32.2. The molecule has 7 atom stereocenters. The van der Waals surface area contributed by atoms with Crippen LogP contribution in [0.15, 0.2) is 0 Å². The van der Waals surface area contributed by atoms with Gasteiger partial charge in [0.2, 0.25) is 5.91 Å². The van der Waals surface area contributed by atoms with Gasteiger partial charge in [-0.3, -0.25) is 15.1 Å². The second-order valence-electron chi connectivity index (χ2n) is 11.4. The highest BCUT2D eigenvalue weighted by molar-refractivity contribution is 8.00. The molecule has 2 aliphatic heterocycles. The van der Waals surface area contributed by atoms with Crippen LogP contribution in [0.25, 0.3) is 0 Å². The van der Waals surface area contributed by atoms with Gasteiger partial charge < -0.3 is 16.8 Å². The van der Waals surface area contributed by atoms with Crippen LogP contribution in [0.5, 0.6) is 0 Å². The van der Waals surface area contributed by atoms with Gasteiger partial charge in [0, 0.05) is 35.8 Å². The van der Waals surface area contributed by atoms with E-state index in [1.165, 1.54) is 31.4 Å². The van der Waals surface area contributed by atoms with Crippen LogP contribution in [0.4, 0.5) is 0 Å². The Labute approximate surface area is 197 Å². The SMILES string of the molecule is N=C(N)C1CCC2CC(C(=O)NC3CCC(N)CC3)N(CC3CSC4CCCCC34)C2C1. The molecule has 0 aromatic carbocycles. The molecule has 7 heteroatoms. The number of rotatable bonds is 5. The average molecular weight is 462 g/mol. The molecule has 3 saturated carbocycles. The van der Waals surface area contributed by atoms with Crippen LogP contribution < -0.4 is 16.8 Å². The molecule has 0 radical (unpaired) electrons. The normalized spacial score (nSPS) is 44.6. The number of amidine groups is 1. The van der Waals surface area contributed by atoms with E-state index in [0.717, 1.165) is 69.1 Å². The van der Waals surface area contributed by atoms with E-state index in [2.05, 4.69) is 22.0 Å². The molecule has 0 aromatic heterocycles.